The number of unbranched alkanes of at least 4 members (excludes halogenated alkanes) is 7. The van der Waals surface area contributed by atoms with E-state index in [9.17, 15) is 4.79 Å². The summed E-state index contributed by atoms with van der Waals surface area (Å²) < 4.78 is 5.23. The van der Waals surface area contributed by atoms with Crippen LogP contribution in [0.4, 0.5) is 4.79 Å². The maximum atomic E-state index is 11.8. The van der Waals surface area contributed by atoms with Gasteiger partial charge in [-0.15, -0.1) is 0 Å². The Bertz CT molecular complexity index is 228. The van der Waals surface area contributed by atoms with Gasteiger partial charge in [-0.1, -0.05) is 51.9 Å². The van der Waals surface area contributed by atoms with Crippen molar-refractivity contribution < 1.29 is 9.53 Å². The first-order chi connectivity index (χ1) is 9.34. The predicted molar refractivity (Wildman–Crippen MR) is 78.4 cm³/mol. The molecular weight excluding hydrogens is 240 g/mol. The van der Waals surface area contributed by atoms with Crippen molar-refractivity contribution in [3.63, 3.8) is 0 Å². The van der Waals surface area contributed by atoms with Gasteiger partial charge in [0.2, 0.25) is 0 Å². The molecule has 1 aliphatic heterocycles. The lowest BCUT2D eigenvalue weighted by Crippen LogP contribution is -2.46. The third-order valence-corrected chi connectivity index (χ3v) is 3.60. The minimum absolute atomic E-state index is 0.0752. The average molecular weight is 270 g/mol. The highest BCUT2D eigenvalue weighted by atomic mass is 16.5. The number of hydrogen-bond acceptors (Lipinski definition) is 2. The molecule has 1 fully saturated rings. The van der Waals surface area contributed by atoms with Crippen LogP contribution >= 0.6 is 0 Å². The maximum absolute atomic E-state index is 11.8. The molecule has 1 aliphatic rings. The second-order valence-corrected chi connectivity index (χ2v) is 5.31. The van der Waals surface area contributed by atoms with Crippen LogP contribution in [0.2, 0.25) is 0 Å². The fraction of sp³-hybridized carbons (Fsp3) is 0.933. The van der Waals surface area contributed by atoms with Crippen molar-refractivity contribution in [2.24, 2.45) is 0 Å². The van der Waals surface area contributed by atoms with Crippen LogP contribution in [0.1, 0.15) is 58.3 Å². The SMILES string of the molecule is CCCCCCCCCCNC(=O)N1CCOCC1. The second kappa shape index (κ2) is 11.1. The van der Waals surface area contributed by atoms with Crippen molar-refractivity contribution in [3.05, 3.63) is 0 Å². The summed E-state index contributed by atoms with van der Waals surface area (Å²) in [5, 5.41) is 3.00. The van der Waals surface area contributed by atoms with Crippen molar-refractivity contribution >= 4 is 6.03 Å². The first kappa shape index (κ1) is 16.3. The van der Waals surface area contributed by atoms with E-state index in [-0.39, 0.29) is 6.03 Å². The average Bonchev–Trinajstić information content (AvgIpc) is 2.46. The van der Waals surface area contributed by atoms with Crippen molar-refractivity contribution in [2.45, 2.75) is 58.3 Å². The Hall–Kier alpha value is -0.770. The zero-order valence-corrected chi connectivity index (χ0v) is 12.5. The summed E-state index contributed by atoms with van der Waals surface area (Å²) in [5.74, 6) is 0. The zero-order chi connectivity index (χ0) is 13.8. The minimum Gasteiger partial charge on any atom is -0.378 e. The van der Waals surface area contributed by atoms with Gasteiger partial charge in [0.25, 0.3) is 0 Å². The van der Waals surface area contributed by atoms with Crippen LogP contribution in [0.5, 0.6) is 0 Å². The Kier molecular flexibility index (Phi) is 9.51. The summed E-state index contributed by atoms with van der Waals surface area (Å²) in [7, 11) is 0. The van der Waals surface area contributed by atoms with E-state index < -0.39 is 0 Å². The number of ether oxygens (including phenoxy) is 1. The molecule has 19 heavy (non-hydrogen) atoms. The van der Waals surface area contributed by atoms with Crippen molar-refractivity contribution in [3.8, 4) is 0 Å². The van der Waals surface area contributed by atoms with Crippen molar-refractivity contribution in [1.82, 2.24) is 10.2 Å². The van der Waals surface area contributed by atoms with E-state index in [1.165, 1.54) is 44.9 Å². The first-order valence-electron chi connectivity index (χ1n) is 7.95. The maximum Gasteiger partial charge on any atom is 0.317 e. The van der Waals surface area contributed by atoms with Gasteiger partial charge < -0.3 is 15.0 Å². The topological polar surface area (TPSA) is 41.6 Å². The molecule has 0 spiro atoms. The molecule has 1 N–H and O–H groups in total. The third-order valence-electron chi connectivity index (χ3n) is 3.60. The quantitative estimate of drug-likeness (QED) is 0.654. The van der Waals surface area contributed by atoms with Crippen LogP contribution in [-0.2, 0) is 4.74 Å². The van der Waals surface area contributed by atoms with Gasteiger partial charge in [-0.25, -0.2) is 4.79 Å². The molecule has 0 saturated carbocycles. The van der Waals surface area contributed by atoms with E-state index in [1.54, 1.807) is 0 Å². The summed E-state index contributed by atoms with van der Waals surface area (Å²) >= 11 is 0. The van der Waals surface area contributed by atoms with E-state index in [0.29, 0.717) is 13.2 Å². The molecule has 112 valence electrons. The lowest BCUT2D eigenvalue weighted by Gasteiger charge is -2.26. The van der Waals surface area contributed by atoms with Crippen LogP contribution in [0, 0.1) is 0 Å². The third kappa shape index (κ3) is 8.09. The fourth-order valence-corrected chi connectivity index (χ4v) is 2.33. The molecule has 0 aliphatic carbocycles. The standard InChI is InChI=1S/C15H30N2O2/c1-2-3-4-5-6-7-8-9-10-16-15(18)17-11-13-19-14-12-17/h2-14H2,1H3,(H,16,18). The number of amides is 2. The Morgan fingerprint density at radius 2 is 1.58 bits per heavy atom. The highest BCUT2D eigenvalue weighted by Crippen LogP contribution is 2.08. The molecule has 4 nitrogen and oxygen atoms in total. The summed E-state index contributed by atoms with van der Waals surface area (Å²) in [6.45, 7) is 5.85. The Morgan fingerprint density at radius 1 is 1.00 bits per heavy atom. The molecule has 1 rings (SSSR count). The summed E-state index contributed by atoms with van der Waals surface area (Å²) in [6.07, 6.45) is 10.4. The monoisotopic (exact) mass is 270 g/mol. The Labute approximate surface area is 117 Å². The lowest BCUT2D eigenvalue weighted by molar-refractivity contribution is 0.0532. The Morgan fingerprint density at radius 3 is 2.21 bits per heavy atom. The number of nitrogens with one attached hydrogen (secondary N) is 1. The molecule has 0 aromatic rings. The summed E-state index contributed by atoms with van der Waals surface area (Å²) in [4.78, 5) is 13.6. The van der Waals surface area contributed by atoms with E-state index in [0.717, 1.165) is 26.1 Å². The molecule has 2 amide bonds. The summed E-state index contributed by atoms with van der Waals surface area (Å²) in [6, 6.07) is 0.0752. The number of carbonyl (C=O) groups excluding carboxylic acids is 1. The number of urea groups is 1. The predicted octanol–water partition coefficient (Wildman–Crippen LogP) is 3.17. The summed E-state index contributed by atoms with van der Waals surface area (Å²) in [5.41, 5.74) is 0. The van der Waals surface area contributed by atoms with Gasteiger partial charge in [-0.3, -0.25) is 0 Å². The molecule has 0 bridgehead atoms. The highest BCUT2D eigenvalue weighted by Gasteiger charge is 2.15. The molecule has 0 unspecified atom stereocenters. The molecule has 1 heterocycles. The minimum atomic E-state index is 0.0752. The molecule has 0 atom stereocenters. The molecule has 4 heteroatoms. The number of rotatable bonds is 9. The van der Waals surface area contributed by atoms with Gasteiger partial charge in [0.05, 0.1) is 13.2 Å². The second-order valence-electron chi connectivity index (χ2n) is 5.31. The van der Waals surface area contributed by atoms with Crippen molar-refractivity contribution in [2.75, 3.05) is 32.8 Å². The normalized spacial score (nSPS) is 15.5. The van der Waals surface area contributed by atoms with Gasteiger partial charge >= 0.3 is 6.03 Å². The number of hydrogen-bond donors (Lipinski definition) is 1. The van der Waals surface area contributed by atoms with Gasteiger partial charge in [-0.05, 0) is 6.42 Å². The van der Waals surface area contributed by atoms with Gasteiger partial charge in [0, 0.05) is 19.6 Å². The number of morpholine rings is 1. The van der Waals surface area contributed by atoms with Crippen LogP contribution in [0.25, 0.3) is 0 Å². The molecule has 1 saturated heterocycles. The number of nitrogens with zero attached hydrogens (tertiary/aromatic N) is 1. The lowest BCUT2D eigenvalue weighted by atomic mass is 10.1. The Balaban J connectivity index is 1.86. The first-order valence-corrected chi connectivity index (χ1v) is 7.95. The van der Waals surface area contributed by atoms with E-state index in [2.05, 4.69) is 12.2 Å². The van der Waals surface area contributed by atoms with E-state index >= 15 is 0 Å². The number of carbonyl (C=O) groups is 1. The molecule has 0 radical (unpaired) electrons. The highest BCUT2D eigenvalue weighted by molar-refractivity contribution is 5.74. The fourth-order valence-electron chi connectivity index (χ4n) is 2.33. The largest absolute Gasteiger partial charge is 0.378 e. The van der Waals surface area contributed by atoms with Crippen LogP contribution in [0.3, 0.4) is 0 Å². The van der Waals surface area contributed by atoms with Gasteiger partial charge in [0.1, 0.15) is 0 Å². The molecule has 0 aromatic heterocycles. The van der Waals surface area contributed by atoms with Gasteiger partial charge in [0.15, 0.2) is 0 Å². The zero-order valence-electron chi connectivity index (χ0n) is 12.5. The van der Waals surface area contributed by atoms with Crippen molar-refractivity contribution in [1.29, 1.82) is 0 Å². The van der Waals surface area contributed by atoms with Crippen LogP contribution in [0.15, 0.2) is 0 Å². The van der Waals surface area contributed by atoms with E-state index in [1.807, 2.05) is 4.90 Å². The molecule has 0 aromatic carbocycles. The van der Waals surface area contributed by atoms with E-state index in [4.69, 9.17) is 4.74 Å². The molecular formula is C15H30N2O2. The smallest absolute Gasteiger partial charge is 0.317 e. The van der Waals surface area contributed by atoms with Crippen LogP contribution in [-0.4, -0.2) is 43.8 Å². The van der Waals surface area contributed by atoms with Gasteiger partial charge in [-0.2, -0.15) is 0 Å². The van der Waals surface area contributed by atoms with Crippen LogP contribution < -0.4 is 5.32 Å².